The smallest absolute Gasteiger partial charge is 0.343 e. The van der Waals surface area contributed by atoms with E-state index in [1.807, 2.05) is 0 Å². The lowest BCUT2D eigenvalue weighted by Gasteiger charge is -2.25. The van der Waals surface area contributed by atoms with Crippen molar-refractivity contribution >= 4 is 17.9 Å². The Morgan fingerprint density at radius 3 is 1.83 bits per heavy atom. The predicted molar refractivity (Wildman–Crippen MR) is 103 cm³/mol. The van der Waals surface area contributed by atoms with Gasteiger partial charge in [-0.2, -0.15) is 0 Å². The molecule has 0 radical (unpaired) electrons. The van der Waals surface area contributed by atoms with E-state index in [2.05, 4.69) is 0 Å². The average molecular weight is 398 g/mol. The lowest BCUT2D eigenvalue weighted by Crippen LogP contribution is -2.27. The number of ether oxygens (including phenoxy) is 3. The molecule has 2 aromatic rings. The van der Waals surface area contributed by atoms with Crippen molar-refractivity contribution in [3.05, 3.63) is 59.7 Å². The molecule has 1 aliphatic carbocycles. The molecule has 0 atom stereocenters. The molecular formula is C22H22O7. The Balaban J connectivity index is 1.53. The zero-order valence-electron chi connectivity index (χ0n) is 16.0. The molecule has 0 spiro atoms. The molecule has 0 amide bonds. The van der Waals surface area contributed by atoms with E-state index < -0.39 is 17.9 Å². The van der Waals surface area contributed by atoms with Gasteiger partial charge in [-0.05, 0) is 74.2 Å². The molecule has 152 valence electrons. The Morgan fingerprint density at radius 2 is 1.31 bits per heavy atom. The number of esters is 2. The number of carbonyl (C=O) groups is 3. The summed E-state index contributed by atoms with van der Waals surface area (Å²) in [5.74, 6) is -1.20. The van der Waals surface area contributed by atoms with Crippen LogP contribution in [0.4, 0.5) is 0 Å². The minimum atomic E-state index is -0.797. The summed E-state index contributed by atoms with van der Waals surface area (Å²) in [4.78, 5) is 35.4. The molecule has 7 heteroatoms. The summed E-state index contributed by atoms with van der Waals surface area (Å²) in [6, 6.07) is 12.7. The number of aliphatic carboxylic acids is 1. The van der Waals surface area contributed by atoms with Crippen molar-refractivity contribution in [1.82, 2.24) is 0 Å². The maximum Gasteiger partial charge on any atom is 0.343 e. The fourth-order valence-corrected chi connectivity index (χ4v) is 3.20. The zero-order valence-corrected chi connectivity index (χ0v) is 16.0. The van der Waals surface area contributed by atoms with Gasteiger partial charge in [0.05, 0.1) is 24.2 Å². The van der Waals surface area contributed by atoms with Crippen LogP contribution in [-0.2, 0) is 9.53 Å². The van der Waals surface area contributed by atoms with Crippen molar-refractivity contribution in [2.75, 3.05) is 7.11 Å². The van der Waals surface area contributed by atoms with Crippen LogP contribution in [0, 0.1) is 5.92 Å². The lowest BCUT2D eigenvalue weighted by atomic mass is 9.87. The second kappa shape index (κ2) is 9.23. The molecule has 0 saturated heterocycles. The Hall–Kier alpha value is -3.35. The Morgan fingerprint density at radius 1 is 0.793 bits per heavy atom. The molecule has 2 aromatic carbocycles. The molecular weight excluding hydrogens is 376 g/mol. The molecule has 0 aliphatic heterocycles. The topological polar surface area (TPSA) is 99.1 Å². The molecule has 1 aliphatic rings. The largest absolute Gasteiger partial charge is 0.497 e. The van der Waals surface area contributed by atoms with Gasteiger partial charge < -0.3 is 19.3 Å². The van der Waals surface area contributed by atoms with E-state index in [9.17, 15) is 14.4 Å². The fourth-order valence-electron chi connectivity index (χ4n) is 3.20. The number of hydrogen-bond donors (Lipinski definition) is 1. The number of benzene rings is 2. The van der Waals surface area contributed by atoms with Crippen LogP contribution < -0.4 is 9.47 Å². The Kier molecular flexibility index (Phi) is 6.49. The van der Waals surface area contributed by atoms with E-state index in [0.29, 0.717) is 48.3 Å². The van der Waals surface area contributed by atoms with Crippen molar-refractivity contribution < 1.29 is 33.7 Å². The fraction of sp³-hybridized carbons (Fsp3) is 0.318. The van der Waals surface area contributed by atoms with Gasteiger partial charge in [-0.15, -0.1) is 0 Å². The van der Waals surface area contributed by atoms with Gasteiger partial charge >= 0.3 is 17.9 Å². The lowest BCUT2D eigenvalue weighted by molar-refractivity contribution is -0.143. The predicted octanol–water partition coefficient (Wildman–Crippen LogP) is 3.71. The Bertz CT molecular complexity index is 863. The number of rotatable bonds is 6. The standard InChI is InChI=1S/C22H22O7/c1-27-17-8-4-15(5-9-17)21(25)29-19-12-6-16(7-13-19)22(26)28-18-10-2-14(3-11-18)20(23)24/h4-9,12-14,18H,2-3,10-11H2,1H3,(H,23,24). The third-order valence-corrected chi connectivity index (χ3v) is 4.92. The first-order chi connectivity index (χ1) is 14.0. The molecule has 7 nitrogen and oxygen atoms in total. The zero-order chi connectivity index (χ0) is 20.8. The highest BCUT2D eigenvalue weighted by molar-refractivity contribution is 5.92. The van der Waals surface area contributed by atoms with Gasteiger partial charge in [-0.25, -0.2) is 9.59 Å². The van der Waals surface area contributed by atoms with E-state index in [-0.39, 0.29) is 12.0 Å². The summed E-state index contributed by atoms with van der Waals surface area (Å²) in [7, 11) is 1.54. The number of hydrogen-bond acceptors (Lipinski definition) is 6. The van der Waals surface area contributed by atoms with E-state index in [1.165, 1.54) is 24.3 Å². The van der Waals surface area contributed by atoms with Crippen molar-refractivity contribution in [3.63, 3.8) is 0 Å². The SMILES string of the molecule is COc1ccc(C(=O)Oc2ccc(C(=O)OC3CCC(C(=O)O)CC3)cc2)cc1. The summed E-state index contributed by atoms with van der Waals surface area (Å²) in [6.07, 6.45) is 1.83. The summed E-state index contributed by atoms with van der Waals surface area (Å²) >= 11 is 0. The van der Waals surface area contributed by atoms with Gasteiger partial charge in [-0.1, -0.05) is 0 Å². The van der Waals surface area contributed by atoms with Crippen molar-refractivity contribution in [2.24, 2.45) is 5.92 Å². The van der Waals surface area contributed by atoms with Crippen LogP contribution >= 0.6 is 0 Å². The minimum absolute atomic E-state index is 0.273. The summed E-state index contributed by atoms with van der Waals surface area (Å²) in [6.45, 7) is 0. The van der Waals surface area contributed by atoms with E-state index in [0.717, 1.165) is 0 Å². The first-order valence-electron chi connectivity index (χ1n) is 9.36. The average Bonchev–Trinajstić information content (AvgIpc) is 2.74. The maximum absolute atomic E-state index is 12.3. The van der Waals surface area contributed by atoms with Crippen molar-refractivity contribution in [2.45, 2.75) is 31.8 Å². The molecule has 0 aromatic heterocycles. The first-order valence-corrected chi connectivity index (χ1v) is 9.36. The highest BCUT2D eigenvalue weighted by Crippen LogP contribution is 2.27. The normalized spacial score (nSPS) is 18.5. The Labute approximate surface area is 168 Å². The van der Waals surface area contributed by atoms with Gasteiger partial charge in [-0.3, -0.25) is 4.79 Å². The minimum Gasteiger partial charge on any atom is -0.497 e. The van der Waals surface area contributed by atoms with Crippen LogP contribution in [0.5, 0.6) is 11.5 Å². The van der Waals surface area contributed by atoms with E-state index >= 15 is 0 Å². The van der Waals surface area contributed by atoms with Crippen LogP contribution in [0.15, 0.2) is 48.5 Å². The van der Waals surface area contributed by atoms with Crippen LogP contribution in [0.3, 0.4) is 0 Å². The number of methoxy groups -OCH3 is 1. The number of carboxylic acid groups (broad SMARTS) is 1. The second-order valence-corrected chi connectivity index (χ2v) is 6.86. The van der Waals surface area contributed by atoms with Gasteiger partial charge in [0.1, 0.15) is 17.6 Å². The van der Waals surface area contributed by atoms with Gasteiger partial charge in [0.25, 0.3) is 0 Å². The van der Waals surface area contributed by atoms with E-state index in [1.54, 1.807) is 31.4 Å². The second-order valence-electron chi connectivity index (χ2n) is 6.86. The van der Waals surface area contributed by atoms with Crippen molar-refractivity contribution in [3.8, 4) is 11.5 Å². The van der Waals surface area contributed by atoms with Crippen LogP contribution in [0.1, 0.15) is 46.4 Å². The molecule has 3 rings (SSSR count). The summed E-state index contributed by atoms with van der Waals surface area (Å²) < 4.78 is 15.8. The quantitative estimate of drug-likeness (QED) is 0.585. The van der Waals surface area contributed by atoms with Gasteiger partial charge in [0, 0.05) is 0 Å². The molecule has 1 N–H and O–H groups in total. The highest BCUT2D eigenvalue weighted by atomic mass is 16.5. The van der Waals surface area contributed by atoms with E-state index in [4.69, 9.17) is 19.3 Å². The van der Waals surface area contributed by atoms with Gasteiger partial charge in [0.2, 0.25) is 0 Å². The number of carboxylic acids is 1. The first kappa shape index (κ1) is 20.4. The van der Waals surface area contributed by atoms with Crippen LogP contribution in [-0.4, -0.2) is 36.2 Å². The monoisotopic (exact) mass is 398 g/mol. The maximum atomic E-state index is 12.3. The summed E-state index contributed by atoms with van der Waals surface area (Å²) in [5.41, 5.74) is 0.723. The van der Waals surface area contributed by atoms with Crippen LogP contribution in [0.2, 0.25) is 0 Å². The molecule has 29 heavy (non-hydrogen) atoms. The highest BCUT2D eigenvalue weighted by Gasteiger charge is 2.28. The molecule has 1 saturated carbocycles. The summed E-state index contributed by atoms with van der Waals surface area (Å²) in [5, 5.41) is 9.02. The van der Waals surface area contributed by atoms with Crippen LogP contribution in [0.25, 0.3) is 0 Å². The molecule has 0 unspecified atom stereocenters. The number of carbonyl (C=O) groups excluding carboxylic acids is 2. The molecule has 1 fully saturated rings. The third-order valence-electron chi connectivity index (χ3n) is 4.92. The van der Waals surface area contributed by atoms with Crippen molar-refractivity contribution in [1.29, 1.82) is 0 Å². The van der Waals surface area contributed by atoms with Gasteiger partial charge in [0.15, 0.2) is 0 Å². The molecule has 0 heterocycles. The molecule has 0 bridgehead atoms. The third kappa shape index (κ3) is 5.34.